The third-order valence-electron chi connectivity index (χ3n) is 7.82. The highest BCUT2D eigenvalue weighted by Crippen LogP contribution is 2.33. The first-order valence-corrected chi connectivity index (χ1v) is 14.5. The van der Waals surface area contributed by atoms with Crippen LogP contribution >= 0.6 is 0 Å². The van der Waals surface area contributed by atoms with Crippen molar-refractivity contribution in [2.75, 3.05) is 36.5 Å². The van der Waals surface area contributed by atoms with Crippen LogP contribution in [0.5, 0.6) is 11.6 Å². The second kappa shape index (κ2) is 12.3. The van der Waals surface area contributed by atoms with Crippen molar-refractivity contribution in [1.82, 2.24) is 29.5 Å². The number of ether oxygens (including phenoxy) is 3. The van der Waals surface area contributed by atoms with Gasteiger partial charge in [0.25, 0.3) is 0 Å². The van der Waals surface area contributed by atoms with Crippen LogP contribution < -0.4 is 19.7 Å². The normalized spacial score (nSPS) is 18.9. The van der Waals surface area contributed by atoms with E-state index in [1.807, 2.05) is 32.0 Å². The lowest BCUT2D eigenvalue weighted by Gasteiger charge is -2.31. The average Bonchev–Trinajstić information content (AvgIpc) is 3.37. The second-order valence-electron chi connectivity index (χ2n) is 11.0. The molecule has 4 aromatic rings. The summed E-state index contributed by atoms with van der Waals surface area (Å²) in [6, 6.07) is 6.07. The predicted molar refractivity (Wildman–Crippen MR) is 159 cm³/mol. The van der Waals surface area contributed by atoms with E-state index in [4.69, 9.17) is 19.2 Å². The van der Waals surface area contributed by atoms with Crippen LogP contribution in [0, 0.1) is 24.0 Å². The maximum Gasteiger partial charge on any atom is 0.434 e. The number of anilines is 2. The Labute approximate surface area is 248 Å². The minimum Gasteiger partial charge on any atom is -0.484 e. The number of pyridine rings is 2. The summed E-state index contributed by atoms with van der Waals surface area (Å²) in [5.74, 6) is 2.26. The van der Waals surface area contributed by atoms with Gasteiger partial charge in [0, 0.05) is 36.6 Å². The number of nitrogens with one attached hydrogen (secondary N) is 1. The van der Waals surface area contributed by atoms with Crippen molar-refractivity contribution < 1.29 is 19.1 Å². The molecule has 14 heteroatoms. The van der Waals surface area contributed by atoms with E-state index in [0.29, 0.717) is 36.5 Å². The van der Waals surface area contributed by atoms with Gasteiger partial charge in [0.05, 0.1) is 37.4 Å². The molecular weight excluding hydrogens is 554 g/mol. The van der Waals surface area contributed by atoms with E-state index in [1.165, 1.54) is 10.8 Å². The van der Waals surface area contributed by atoms with Gasteiger partial charge in [-0.15, -0.1) is 0 Å². The van der Waals surface area contributed by atoms with Crippen molar-refractivity contribution in [1.29, 1.82) is 0 Å². The van der Waals surface area contributed by atoms with Crippen molar-refractivity contribution in [3.8, 4) is 11.6 Å². The highest BCUT2D eigenvalue weighted by molar-refractivity contribution is 5.87. The first-order valence-electron chi connectivity index (χ1n) is 14.5. The molecule has 1 saturated carbocycles. The highest BCUT2D eigenvalue weighted by Gasteiger charge is 2.26. The smallest absolute Gasteiger partial charge is 0.434 e. The molecule has 1 aliphatic heterocycles. The molecule has 1 aliphatic carbocycles. The molecule has 1 N–H and O–H groups in total. The van der Waals surface area contributed by atoms with Gasteiger partial charge < -0.3 is 34.5 Å². The van der Waals surface area contributed by atoms with Crippen LogP contribution in [0.3, 0.4) is 0 Å². The van der Waals surface area contributed by atoms with Crippen molar-refractivity contribution in [2.24, 2.45) is 7.05 Å². The van der Waals surface area contributed by atoms with Crippen LogP contribution in [0.4, 0.5) is 17.7 Å². The summed E-state index contributed by atoms with van der Waals surface area (Å²) >= 11 is 0. The molecule has 0 bridgehead atoms. The zero-order valence-corrected chi connectivity index (χ0v) is 24.5. The van der Waals surface area contributed by atoms with Crippen molar-refractivity contribution >= 4 is 28.6 Å². The average molecular weight is 590 g/mol. The number of hydrogen-bond donors (Lipinski definition) is 1. The summed E-state index contributed by atoms with van der Waals surface area (Å²) < 4.78 is 19.5. The zero-order valence-electron chi connectivity index (χ0n) is 24.5. The Morgan fingerprint density at radius 2 is 1.77 bits per heavy atom. The molecule has 0 radical (unpaired) electrons. The van der Waals surface area contributed by atoms with Gasteiger partial charge in [0.1, 0.15) is 30.5 Å². The first kappa shape index (κ1) is 28.5. The van der Waals surface area contributed by atoms with E-state index >= 15 is 0 Å². The molecule has 0 unspecified atom stereocenters. The summed E-state index contributed by atoms with van der Waals surface area (Å²) in [5.41, 5.74) is 3.21. The van der Waals surface area contributed by atoms with Gasteiger partial charge >= 0.3 is 5.95 Å². The topological polar surface area (TPSA) is 155 Å². The Balaban J connectivity index is 1.20. The van der Waals surface area contributed by atoms with Gasteiger partial charge in [0.2, 0.25) is 11.8 Å². The van der Waals surface area contributed by atoms with Gasteiger partial charge in [-0.2, -0.15) is 4.98 Å². The summed E-state index contributed by atoms with van der Waals surface area (Å²) in [5, 5.41) is 15.4. The molecule has 0 amide bonds. The minimum absolute atomic E-state index is 0.00609. The number of hydrogen-bond acceptors (Lipinski definition) is 12. The molecule has 0 atom stereocenters. The number of morpholine rings is 1. The molecule has 5 heterocycles. The minimum atomic E-state index is -0.525. The Bertz CT molecular complexity index is 1590. The molecule has 2 fully saturated rings. The summed E-state index contributed by atoms with van der Waals surface area (Å²) in [6.07, 6.45) is 6.64. The van der Waals surface area contributed by atoms with Crippen molar-refractivity contribution in [3.63, 3.8) is 0 Å². The third-order valence-corrected chi connectivity index (χ3v) is 7.82. The second-order valence-corrected chi connectivity index (χ2v) is 11.0. The van der Waals surface area contributed by atoms with Gasteiger partial charge in [-0.05, 0) is 56.6 Å². The van der Waals surface area contributed by atoms with Crippen LogP contribution in [0.1, 0.15) is 42.8 Å². The van der Waals surface area contributed by atoms with Crippen LogP contribution in [0.15, 0.2) is 30.6 Å². The number of aromatic nitrogens is 6. The summed E-state index contributed by atoms with van der Waals surface area (Å²) in [4.78, 5) is 35.4. The lowest BCUT2D eigenvalue weighted by molar-refractivity contribution is -0.396. The van der Waals surface area contributed by atoms with E-state index in [2.05, 4.69) is 30.2 Å². The van der Waals surface area contributed by atoms with Gasteiger partial charge in [-0.25, -0.2) is 14.5 Å². The van der Waals surface area contributed by atoms with E-state index in [0.717, 1.165) is 66.9 Å². The number of rotatable bonds is 9. The quantitative estimate of drug-likeness (QED) is 0.222. The summed E-state index contributed by atoms with van der Waals surface area (Å²) in [7, 11) is 1.59. The number of nitrogens with zero attached hydrogens (tertiary/aromatic N) is 8. The van der Waals surface area contributed by atoms with E-state index in [9.17, 15) is 10.1 Å². The van der Waals surface area contributed by atoms with E-state index in [1.54, 1.807) is 13.2 Å². The fraction of sp³-hybridized carbons (Fsp3) is 0.483. The number of nitro groups is 1. The number of fused-ring (bicyclic) bond motifs is 1. The monoisotopic (exact) mass is 589 g/mol. The Kier molecular flexibility index (Phi) is 8.18. The Morgan fingerprint density at radius 1 is 1.02 bits per heavy atom. The van der Waals surface area contributed by atoms with Crippen molar-refractivity contribution in [2.45, 2.75) is 58.3 Å². The van der Waals surface area contributed by atoms with E-state index < -0.39 is 4.92 Å². The molecule has 4 aromatic heterocycles. The molecule has 6 rings (SSSR count). The molecule has 0 spiro atoms. The van der Waals surface area contributed by atoms with Gasteiger partial charge in [-0.1, -0.05) is 4.98 Å². The highest BCUT2D eigenvalue weighted by atomic mass is 16.6. The van der Waals surface area contributed by atoms with Gasteiger partial charge in [-0.3, -0.25) is 4.98 Å². The first-order chi connectivity index (χ1) is 20.8. The largest absolute Gasteiger partial charge is 0.484 e. The molecule has 14 nitrogen and oxygen atoms in total. The molecule has 2 aliphatic rings. The number of imidazole rings is 1. The fourth-order valence-electron chi connectivity index (χ4n) is 5.54. The maximum atomic E-state index is 11.2. The number of aryl methyl sites for hydroxylation is 2. The maximum absolute atomic E-state index is 11.2. The van der Waals surface area contributed by atoms with Gasteiger partial charge in [0.15, 0.2) is 5.69 Å². The van der Waals surface area contributed by atoms with Crippen molar-refractivity contribution in [3.05, 3.63) is 57.8 Å². The molecule has 43 heavy (non-hydrogen) atoms. The summed E-state index contributed by atoms with van der Waals surface area (Å²) in [6.45, 7) is 6.82. The lowest BCUT2D eigenvalue weighted by Crippen LogP contribution is -2.37. The van der Waals surface area contributed by atoms with Crippen LogP contribution in [-0.4, -0.2) is 72.9 Å². The molecular formula is C29H35N9O5. The lowest BCUT2D eigenvalue weighted by atomic mass is 9.93. The Hall–Kier alpha value is -4.59. The zero-order chi connectivity index (χ0) is 29.9. The molecule has 1 saturated heterocycles. The predicted octanol–water partition coefficient (Wildman–Crippen LogP) is 3.90. The fourth-order valence-corrected chi connectivity index (χ4v) is 5.54. The van der Waals surface area contributed by atoms with Crippen LogP contribution in [0.25, 0.3) is 10.9 Å². The molecule has 0 aromatic carbocycles. The third kappa shape index (κ3) is 6.58. The molecule has 226 valence electrons. The van der Waals surface area contributed by atoms with Crippen LogP contribution in [0.2, 0.25) is 0 Å². The van der Waals surface area contributed by atoms with E-state index in [-0.39, 0.29) is 24.7 Å². The Morgan fingerprint density at radius 3 is 2.47 bits per heavy atom. The SMILES string of the molecule is Cc1cc(C)nc(NC2CCC(Oc3nc(N4CCOCC4)cc4ncc(OCc5cnc([N+](=O)[O-])n5C)cc34)CC2)n1. The van der Waals surface area contributed by atoms with Crippen LogP contribution in [-0.2, 0) is 18.4 Å². The standard InChI is InChI=1S/C29H35N9O5/c1-18-12-19(2)33-28(32-18)34-20-4-6-22(7-5-20)43-27-24-13-23(42-17-21-15-31-29(36(21)3)38(39)40)16-30-25(24)14-26(35-27)37-8-10-41-11-9-37/h12-16,20,22H,4-11,17H2,1-3H3,(H,32,33,34).